The van der Waals surface area contributed by atoms with Gasteiger partial charge in [0.1, 0.15) is 11.6 Å². The molecule has 0 amide bonds. The summed E-state index contributed by atoms with van der Waals surface area (Å²) in [5.41, 5.74) is 0.804. The monoisotopic (exact) mass is 366 g/mol. The molecule has 0 spiro atoms. The van der Waals surface area contributed by atoms with Crippen LogP contribution in [0.4, 0.5) is 13.2 Å². The SMILES string of the molecule is Cc1cc(-c2ccc(OC[C@@H](C)CC(C)C)c(C(F)(F)F)c2)nc(C)n1. The molecule has 26 heavy (non-hydrogen) atoms. The molecule has 1 aromatic heterocycles. The van der Waals surface area contributed by atoms with E-state index >= 15 is 0 Å². The number of benzene rings is 1. The molecule has 0 saturated heterocycles. The van der Waals surface area contributed by atoms with Crippen LogP contribution in [0.15, 0.2) is 24.3 Å². The Morgan fingerprint density at radius 1 is 1.04 bits per heavy atom. The van der Waals surface area contributed by atoms with Gasteiger partial charge in [-0.3, -0.25) is 0 Å². The third-order valence-corrected chi connectivity index (χ3v) is 3.94. The summed E-state index contributed by atoms with van der Waals surface area (Å²) in [7, 11) is 0. The van der Waals surface area contributed by atoms with Gasteiger partial charge in [0, 0.05) is 11.3 Å². The van der Waals surface area contributed by atoms with Crippen molar-refractivity contribution in [3.05, 3.63) is 41.3 Å². The fourth-order valence-corrected chi connectivity index (χ4v) is 3.01. The van der Waals surface area contributed by atoms with Gasteiger partial charge in [-0.15, -0.1) is 0 Å². The smallest absolute Gasteiger partial charge is 0.419 e. The molecule has 6 heteroatoms. The van der Waals surface area contributed by atoms with Gasteiger partial charge in [0.25, 0.3) is 0 Å². The molecule has 1 atom stereocenters. The average molecular weight is 366 g/mol. The van der Waals surface area contributed by atoms with Crippen molar-refractivity contribution in [1.29, 1.82) is 0 Å². The fraction of sp³-hybridized carbons (Fsp3) is 0.500. The Labute approximate surface area is 152 Å². The molecule has 0 N–H and O–H groups in total. The molecule has 2 aromatic rings. The van der Waals surface area contributed by atoms with E-state index in [4.69, 9.17) is 4.74 Å². The maximum Gasteiger partial charge on any atom is 0.419 e. The number of halogens is 3. The molecule has 0 bridgehead atoms. The number of nitrogens with zero attached hydrogens (tertiary/aromatic N) is 2. The Hall–Kier alpha value is -2.11. The molecule has 3 nitrogen and oxygen atoms in total. The first-order chi connectivity index (χ1) is 12.1. The van der Waals surface area contributed by atoms with Crippen LogP contribution in [-0.4, -0.2) is 16.6 Å². The van der Waals surface area contributed by atoms with E-state index in [-0.39, 0.29) is 18.3 Å². The van der Waals surface area contributed by atoms with Gasteiger partial charge in [-0.05, 0) is 56.4 Å². The third kappa shape index (κ3) is 5.44. The minimum atomic E-state index is -4.50. The molecule has 142 valence electrons. The predicted molar refractivity (Wildman–Crippen MR) is 96.1 cm³/mol. The summed E-state index contributed by atoms with van der Waals surface area (Å²) >= 11 is 0. The molecule has 0 unspecified atom stereocenters. The minimum Gasteiger partial charge on any atom is -0.493 e. The number of aryl methyl sites for hydroxylation is 2. The van der Waals surface area contributed by atoms with Crippen molar-refractivity contribution in [1.82, 2.24) is 9.97 Å². The normalized spacial score (nSPS) is 13.1. The predicted octanol–water partition coefficient (Wildman–Crippen LogP) is 5.84. The van der Waals surface area contributed by atoms with Crippen LogP contribution in [0, 0.1) is 25.7 Å². The number of alkyl halides is 3. The van der Waals surface area contributed by atoms with Crippen molar-refractivity contribution in [2.45, 2.75) is 47.2 Å². The summed E-state index contributed by atoms with van der Waals surface area (Å²) in [4.78, 5) is 8.41. The summed E-state index contributed by atoms with van der Waals surface area (Å²) in [6.45, 7) is 9.90. The van der Waals surface area contributed by atoms with Crippen LogP contribution >= 0.6 is 0 Å². The Morgan fingerprint density at radius 2 is 1.73 bits per heavy atom. The quantitative estimate of drug-likeness (QED) is 0.644. The van der Waals surface area contributed by atoms with Crippen LogP contribution in [0.5, 0.6) is 5.75 Å². The lowest BCUT2D eigenvalue weighted by Gasteiger charge is -2.19. The topological polar surface area (TPSA) is 35.0 Å². The van der Waals surface area contributed by atoms with E-state index < -0.39 is 11.7 Å². The molecule has 0 radical (unpaired) electrons. The van der Waals surface area contributed by atoms with Gasteiger partial charge in [-0.1, -0.05) is 20.8 Å². The lowest BCUT2D eigenvalue weighted by molar-refractivity contribution is -0.139. The van der Waals surface area contributed by atoms with Gasteiger partial charge < -0.3 is 4.74 Å². The highest BCUT2D eigenvalue weighted by Crippen LogP contribution is 2.39. The number of hydrogen-bond donors (Lipinski definition) is 0. The van der Waals surface area contributed by atoms with E-state index in [2.05, 4.69) is 23.8 Å². The molecule has 0 saturated carbocycles. The summed E-state index contributed by atoms with van der Waals surface area (Å²) < 4.78 is 46.1. The first kappa shape index (κ1) is 20.2. The van der Waals surface area contributed by atoms with E-state index in [0.29, 0.717) is 28.7 Å². The van der Waals surface area contributed by atoms with E-state index in [9.17, 15) is 13.2 Å². The highest BCUT2D eigenvalue weighted by molar-refractivity contribution is 5.63. The summed E-state index contributed by atoms with van der Waals surface area (Å²) in [6, 6.07) is 5.77. The number of hydrogen-bond acceptors (Lipinski definition) is 3. The molecular formula is C20H25F3N2O. The van der Waals surface area contributed by atoms with Crippen molar-refractivity contribution < 1.29 is 17.9 Å². The molecule has 2 rings (SSSR count). The second-order valence-electron chi connectivity index (χ2n) is 7.20. The maximum absolute atomic E-state index is 13.5. The Morgan fingerprint density at radius 3 is 2.31 bits per heavy atom. The first-order valence-electron chi connectivity index (χ1n) is 8.73. The van der Waals surface area contributed by atoms with E-state index in [1.165, 1.54) is 6.07 Å². The molecular weight excluding hydrogens is 341 g/mol. The van der Waals surface area contributed by atoms with Crippen LogP contribution in [0.1, 0.15) is 44.3 Å². The van der Waals surface area contributed by atoms with Crippen LogP contribution < -0.4 is 4.74 Å². The van der Waals surface area contributed by atoms with E-state index in [1.54, 1.807) is 26.0 Å². The number of ether oxygens (including phenoxy) is 1. The van der Waals surface area contributed by atoms with Crippen molar-refractivity contribution >= 4 is 0 Å². The Bertz CT molecular complexity index is 737. The Kier molecular flexibility index (Phi) is 6.26. The molecule has 0 aliphatic carbocycles. The van der Waals surface area contributed by atoms with Crippen molar-refractivity contribution in [3.63, 3.8) is 0 Å². The second kappa shape index (κ2) is 8.06. The van der Waals surface area contributed by atoms with Crippen LogP contribution in [-0.2, 0) is 6.18 Å². The van der Waals surface area contributed by atoms with Gasteiger partial charge in [-0.2, -0.15) is 13.2 Å². The van der Waals surface area contributed by atoms with Crippen LogP contribution in [0.3, 0.4) is 0 Å². The van der Waals surface area contributed by atoms with E-state index in [1.807, 2.05) is 6.92 Å². The second-order valence-corrected chi connectivity index (χ2v) is 7.20. The first-order valence-corrected chi connectivity index (χ1v) is 8.73. The zero-order valence-electron chi connectivity index (χ0n) is 15.8. The average Bonchev–Trinajstić information content (AvgIpc) is 2.50. The van der Waals surface area contributed by atoms with Crippen molar-refractivity contribution in [3.8, 4) is 17.0 Å². The highest BCUT2D eigenvalue weighted by Gasteiger charge is 2.35. The molecule has 0 aliphatic heterocycles. The molecule has 0 aliphatic rings. The number of aromatic nitrogens is 2. The van der Waals surface area contributed by atoms with Gasteiger partial charge in [-0.25, -0.2) is 9.97 Å². The Balaban J connectivity index is 2.33. The zero-order valence-corrected chi connectivity index (χ0v) is 15.8. The number of rotatable bonds is 6. The fourth-order valence-electron chi connectivity index (χ4n) is 3.01. The van der Waals surface area contributed by atoms with Crippen LogP contribution in [0.25, 0.3) is 11.3 Å². The van der Waals surface area contributed by atoms with Crippen molar-refractivity contribution in [2.75, 3.05) is 6.61 Å². The van der Waals surface area contributed by atoms with E-state index in [0.717, 1.165) is 12.5 Å². The minimum absolute atomic E-state index is 0.139. The highest BCUT2D eigenvalue weighted by atomic mass is 19.4. The third-order valence-electron chi connectivity index (χ3n) is 3.94. The zero-order chi connectivity index (χ0) is 19.5. The standard InChI is InChI=1S/C20H25F3N2O/c1-12(2)8-13(3)11-26-19-7-6-16(10-17(19)20(21,22)23)18-9-14(4)24-15(5)25-18/h6-7,9-10,12-13H,8,11H2,1-5H3/t13-/m0/s1. The molecule has 1 heterocycles. The molecule has 1 aromatic carbocycles. The maximum atomic E-state index is 13.5. The largest absolute Gasteiger partial charge is 0.493 e. The van der Waals surface area contributed by atoms with Crippen LogP contribution in [0.2, 0.25) is 0 Å². The lowest BCUT2D eigenvalue weighted by Crippen LogP contribution is -2.14. The summed E-state index contributed by atoms with van der Waals surface area (Å²) in [6.07, 6.45) is -3.59. The van der Waals surface area contributed by atoms with Gasteiger partial charge in [0.05, 0.1) is 17.9 Å². The summed E-state index contributed by atoms with van der Waals surface area (Å²) in [5, 5.41) is 0. The lowest BCUT2D eigenvalue weighted by atomic mass is 10.00. The van der Waals surface area contributed by atoms with Crippen molar-refractivity contribution in [2.24, 2.45) is 11.8 Å². The molecule has 0 fully saturated rings. The van der Waals surface area contributed by atoms with Gasteiger partial charge >= 0.3 is 6.18 Å². The summed E-state index contributed by atoms with van der Waals surface area (Å²) in [5.74, 6) is 1.04. The van der Waals surface area contributed by atoms with Gasteiger partial charge in [0.2, 0.25) is 0 Å². The van der Waals surface area contributed by atoms with Gasteiger partial charge in [0.15, 0.2) is 0 Å².